The fraction of sp³-hybridized carbons (Fsp3) is 0.538. The van der Waals surface area contributed by atoms with Gasteiger partial charge in [-0.3, -0.25) is 4.79 Å². The molecule has 1 aromatic rings. The Hall–Kier alpha value is -0.840. The predicted molar refractivity (Wildman–Crippen MR) is 72.4 cm³/mol. The lowest BCUT2D eigenvalue weighted by molar-refractivity contribution is 0.0752. The topological polar surface area (TPSA) is 53.4 Å². The first-order valence-electron chi connectivity index (χ1n) is 6.35. The van der Waals surface area contributed by atoms with Gasteiger partial charge in [-0.05, 0) is 30.9 Å². The number of halogens is 2. The lowest BCUT2D eigenvalue weighted by Crippen LogP contribution is -2.31. The Morgan fingerprint density at radius 1 is 1.32 bits per heavy atom. The summed E-state index contributed by atoms with van der Waals surface area (Å²) < 4.78 is 0. The van der Waals surface area contributed by atoms with Crippen molar-refractivity contribution in [1.29, 1.82) is 0 Å². The van der Waals surface area contributed by atoms with E-state index < -0.39 is 0 Å². The Morgan fingerprint density at radius 3 is 2.79 bits per heavy atom. The molecule has 0 spiro atoms. The predicted octanol–water partition coefficient (Wildman–Crippen LogP) is 2.23. The molecule has 1 saturated carbocycles. The Morgan fingerprint density at radius 2 is 2.11 bits per heavy atom. The molecule has 19 heavy (non-hydrogen) atoms. The first-order chi connectivity index (χ1) is 9.06. The molecule has 1 N–H and O–H groups in total. The average Bonchev–Trinajstić information content (AvgIpc) is 2.91. The van der Waals surface area contributed by atoms with Gasteiger partial charge in [0.15, 0.2) is 0 Å². The summed E-state index contributed by atoms with van der Waals surface area (Å²) in [4.78, 5) is 18.0. The Bertz CT molecular complexity index is 523. The van der Waals surface area contributed by atoms with Crippen LogP contribution in [0.4, 0.5) is 0 Å². The van der Waals surface area contributed by atoms with Crippen LogP contribution in [0, 0.1) is 11.8 Å². The number of likely N-dealkylation sites (tertiary alicyclic amines) is 1. The number of fused-ring (bicyclic) bond motifs is 1. The van der Waals surface area contributed by atoms with Gasteiger partial charge in [-0.15, -0.1) is 0 Å². The molecule has 0 radical (unpaired) electrons. The molecule has 4 nitrogen and oxygen atoms in total. The summed E-state index contributed by atoms with van der Waals surface area (Å²) in [5, 5.41) is 10.3. The van der Waals surface area contributed by atoms with Crippen molar-refractivity contribution in [2.24, 2.45) is 11.8 Å². The minimum Gasteiger partial charge on any atom is -0.393 e. The van der Waals surface area contributed by atoms with Crippen LogP contribution in [0.5, 0.6) is 0 Å². The Balaban J connectivity index is 1.78. The van der Waals surface area contributed by atoms with Crippen LogP contribution in [-0.4, -0.2) is 40.1 Å². The average molecular weight is 301 g/mol. The van der Waals surface area contributed by atoms with Crippen molar-refractivity contribution in [3.8, 4) is 0 Å². The molecular weight excluding hydrogens is 287 g/mol. The number of hydrogen-bond acceptors (Lipinski definition) is 3. The highest BCUT2D eigenvalue weighted by Gasteiger charge is 2.43. The molecule has 1 aromatic heterocycles. The van der Waals surface area contributed by atoms with Gasteiger partial charge >= 0.3 is 0 Å². The molecule has 1 aliphatic heterocycles. The van der Waals surface area contributed by atoms with Crippen molar-refractivity contribution in [2.75, 3.05) is 13.1 Å². The van der Waals surface area contributed by atoms with E-state index in [1.165, 1.54) is 0 Å². The molecule has 3 unspecified atom stereocenters. The van der Waals surface area contributed by atoms with Gasteiger partial charge in [0.25, 0.3) is 5.91 Å². The standard InChI is InChI=1S/C13H14Cl2N2O2/c14-11-4-2-8(12(15)16-11)13(19)17-5-7-1-3-10(18)9(7)6-17/h2,4,7,9-10,18H,1,3,5-6H2. The molecule has 1 amide bonds. The van der Waals surface area contributed by atoms with Gasteiger partial charge in [0.2, 0.25) is 0 Å². The van der Waals surface area contributed by atoms with E-state index in [1.807, 2.05) is 0 Å². The summed E-state index contributed by atoms with van der Waals surface area (Å²) >= 11 is 11.7. The van der Waals surface area contributed by atoms with E-state index in [2.05, 4.69) is 4.98 Å². The number of nitrogens with zero attached hydrogens (tertiary/aromatic N) is 2. The number of carbonyl (C=O) groups is 1. The maximum absolute atomic E-state index is 12.4. The van der Waals surface area contributed by atoms with Crippen molar-refractivity contribution in [1.82, 2.24) is 9.88 Å². The third-order valence-corrected chi connectivity index (χ3v) is 4.65. The number of amides is 1. The van der Waals surface area contributed by atoms with E-state index >= 15 is 0 Å². The zero-order valence-electron chi connectivity index (χ0n) is 10.2. The van der Waals surface area contributed by atoms with E-state index in [9.17, 15) is 9.90 Å². The van der Waals surface area contributed by atoms with Crippen LogP contribution < -0.4 is 0 Å². The number of pyridine rings is 1. The van der Waals surface area contributed by atoms with Crippen LogP contribution in [0.1, 0.15) is 23.2 Å². The monoisotopic (exact) mass is 300 g/mol. The van der Waals surface area contributed by atoms with Gasteiger partial charge in [0.05, 0.1) is 11.7 Å². The highest BCUT2D eigenvalue weighted by atomic mass is 35.5. The summed E-state index contributed by atoms with van der Waals surface area (Å²) in [7, 11) is 0. The molecular formula is C13H14Cl2N2O2. The van der Waals surface area contributed by atoms with E-state index in [0.717, 1.165) is 12.8 Å². The number of carbonyl (C=O) groups excluding carboxylic acids is 1. The molecule has 3 rings (SSSR count). The zero-order chi connectivity index (χ0) is 13.6. The van der Waals surface area contributed by atoms with Crippen LogP contribution in [-0.2, 0) is 0 Å². The summed E-state index contributed by atoms with van der Waals surface area (Å²) in [5.41, 5.74) is 0.375. The van der Waals surface area contributed by atoms with Gasteiger partial charge in [-0.25, -0.2) is 4.98 Å². The molecule has 2 fully saturated rings. The normalized spacial score (nSPS) is 29.6. The van der Waals surface area contributed by atoms with E-state index in [1.54, 1.807) is 17.0 Å². The van der Waals surface area contributed by atoms with E-state index in [0.29, 0.717) is 24.6 Å². The highest BCUT2D eigenvalue weighted by molar-refractivity contribution is 6.34. The van der Waals surface area contributed by atoms with E-state index in [4.69, 9.17) is 23.2 Å². The third kappa shape index (κ3) is 2.33. The van der Waals surface area contributed by atoms with Crippen LogP contribution >= 0.6 is 23.2 Å². The molecule has 2 heterocycles. The highest BCUT2D eigenvalue weighted by Crippen LogP contribution is 2.38. The molecule has 6 heteroatoms. The second-order valence-electron chi connectivity index (χ2n) is 5.25. The van der Waals surface area contributed by atoms with Crippen molar-refractivity contribution in [2.45, 2.75) is 18.9 Å². The molecule has 102 valence electrons. The number of aliphatic hydroxyl groups is 1. The lowest BCUT2D eigenvalue weighted by atomic mass is 10.00. The third-order valence-electron chi connectivity index (χ3n) is 4.15. The van der Waals surface area contributed by atoms with Crippen LogP contribution in [0.15, 0.2) is 12.1 Å². The van der Waals surface area contributed by atoms with Gasteiger partial charge in [0, 0.05) is 19.0 Å². The van der Waals surface area contributed by atoms with E-state index in [-0.39, 0.29) is 28.2 Å². The first-order valence-corrected chi connectivity index (χ1v) is 7.11. The van der Waals surface area contributed by atoms with Crippen LogP contribution in [0.25, 0.3) is 0 Å². The maximum atomic E-state index is 12.4. The summed E-state index contributed by atoms with van der Waals surface area (Å²) in [5.74, 6) is 0.497. The molecule has 1 saturated heterocycles. The zero-order valence-corrected chi connectivity index (χ0v) is 11.7. The summed E-state index contributed by atoms with van der Waals surface area (Å²) in [6, 6.07) is 3.16. The molecule has 2 aliphatic rings. The second kappa shape index (κ2) is 4.93. The molecule has 3 atom stereocenters. The SMILES string of the molecule is O=C(c1ccc(Cl)nc1Cl)N1CC2CCC(O)C2C1. The van der Waals surface area contributed by atoms with Crippen molar-refractivity contribution in [3.63, 3.8) is 0 Å². The Kier molecular flexibility index (Phi) is 3.41. The molecule has 0 aromatic carbocycles. The molecule has 1 aliphatic carbocycles. The van der Waals surface area contributed by atoms with Gasteiger partial charge in [0.1, 0.15) is 10.3 Å². The number of aliphatic hydroxyl groups excluding tert-OH is 1. The van der Waals surface area contributed by atoms with Crippen LogP contribution in [0.3, 0.4) is 0 Å². The number of aromatic nitrogens is 1. The summed E-state index contributed by atoms with van der Waals surface area (Å²) in [6.45, 7) is 1.29. The van der Waals surface area contributed by atoms with Crippen molar-refractivity contribution < 1.29 is 9.90 Å². The number of hydrogen-bond donors (Lipinski definition) is 1. The maximum Gasteiger partial charge on any atom is 0.257 e. The first kappa shape index (κ1) is 13.2. The minimum atomic E-state index is -0.276. The van der Waals surface area contributed by atoms with Crippen LogP contribution in [0.2, 0.25) is 10.3 Å². The second-order valence-corrected chi connectivity index (χ2v) is 6.00. The van der Waals surface area contributed by atoms with Gasteiger partial charge in [-0.2, -0.15) is 0 Å². The fourth-order valence-corrected chi connectivity index (χ4v) is 3.57. The Labute approximate surface area is 121 Å². The quantitative estimate of drug-likeness (QED) is 0.809. The number of rotatable bonds is 1. The van der Waals surface area contributed by atoms with Crippen molar-refractivity contribution >= 4 is 29.1 Å². The largest absolute Gasteiger partial charge is 0.393 e. The smallest absolute Gasteiger partial charge is 0.257 e. The fourth-order valence-electron chi connectivity index (χ4n) is 3.14. The lowest BCUT2D eigenvalue weighted by Gasteiger charge is -2.18. The summed E-state index contributed by atoms with van der Waals surface area (Å²) in [6.07, 6.45) is 1.56. The van der Waals surface area contributed by atoms with Crippen molar-refractivity contribution in [3.05, 3.63) is 28.0 Å². The minimum absolute atomic E-state index is 0.129. The van der Waals surface area contributed by atoms with Gasteiger partial charge in [-0.1, -0.05) is 23.2 Å². The van der Waals surface area contributed by atoms with Gasteiger partial charge < -0.3 is 10.0 Å². The molecule has 0 bridgehead atoms.